The number of aliphatic hydroxyl groups is 1. The number of alkyl halides is 2. The third kappa shape index (κ3) is 2.21. The van der Waals surface area contributed by atoms with Gasteiger partial charge in [0.2, 0.25) is 5.92 Å². The highest BCUT2D eigenvalue weighted by molar-refractivity contribution is 4.80. The van der Waals surface area contributed by atoms with Crippen molar-refractivity contribution in [2.75, 3.05) is 6.61 Å². The molecule has 10 heavy (non-hydrogen) atoms. The first-order chi connectivity index (χ1) is 4.31. The Balaban J connectivity index is 4.10. The standard InChI is InChI=1S/C7H14F2O/c1-6(2,4-5-10)7(3,8)9/h10H,4-5H2,1-3H3. The van der Waals surface area contributed by atoms with E-state index in [1.807, 2.05) is 0 Å². The molecule has 0 atom stereocenters. The van der Waals surface area contributed by atoms with Crippen LogP contribution in [0.15, 0.2) is 0 Å². The lowest BCUT2D eigenvalue weighted by Gasteiger charge is -2.30. The minimum absolute atomic E-state index is 0.135. The van der Waals surface area contributed by atoms with Crippen LogP contribution in [0.3, 0.4) is 0 Å². The SMILES string of the molecule is CC(F)(F)C(C)(C)CCO. The van der Waals surface area contributed by atoms with Crippen molar-refractivity contribution >= 4 is 0 Å². The molecule has 0 aromatic heterocycles. The number of hydrogen-bond donors (Lipinski definition) is 1. The van der Waals surface area contributed by atoms with Crippen molar-refractivity contribution in [2.24, 2.45) is 5.41 Å². The average molecular weight is 152 g/mol. The molecule has 0 heterocycles. The van der Waals surface area contributed by atoms with Crippen LogP contribution in [0, 0.1) is 5.41 Å². The van der Waals surface area contributed by atoms with Gasteiger partial charge < -0.3 is 5.11 Å². The molecule has 62 valence electrons. The topological polar surface area (TPSA) is 20.2 Å². The molecular weight excluding hydrogens is 138 g/mol. The van der Waals surface area contributed by atoms with Crippen LogP contribution in [0.1, 0.15) is 27.2 Å². The molecule has 0 aliphatic carbocycles. The van der Waals surface area contributed by atoms with Gasteiger partial charge in [0.1, 0.15) is 0 Å². The van der Waals surface area contributed by atoms with E-state index in [4.69, 9.17) is 5.11 Å². The van der Waals surface area contributed by atoms with E-state index >= 15 is 0 Å². The maximum atomic E-state index is 12.6. The van der Waals surface area contributed by atoms with E-state index in [9.17, 15) is 8.78 Å². The first-order valence-electron chi connectivity index (χ1n) is 3.30. The van der Waals surface area contributed by atoms with Crippen LogP contribution in [-0.2, 0) is 0 Å². The molecule has 0 aliphatic rings. The van der Waals surface area contributed by atoms with E-state index in [2.05, 4.69) is 0 Å². The number of hydrogen-bond acceptors (Lipinski definition) is 1. The third-order valence-corrected chi connectivity index (χ3v) is 1.93. The van der Waals surface area contributed by atoms with Crippen molar-refractivity contribution in [1.29, 1.82) is 0 Å². The summed E-state index contributed by atoms with van der Waals surface area (Å²) in [6, 6.07) is 0. The molecule has 0 aromatic carbocycles. The van der Waals surface area contributed by atoms with E-state index < -0.39 is 11.3 Å². The quantitative estimate of drug-likeness (QED) is 0.656. The van der Waals surface area contributed by atoms with Gasteiger partial charge in [0.25, 0.3) is 0 Å². The fourth-order valence-electron chi connectivity index (χ4n) is 0.499. The van der Waals surface area contributed by atoms with Gasteiger partial charge in [-0.25, -0.2) is 8.78 Å². The van der Waals surface area contributed by atoms with Crippen LogP contribution in [-0.4, -0.2) is 17.6 Å². The zero-order valence-electron chi connectivity index (χ0n) is 6.62. The number of halogens is 2. The van der Waals surface area contributed by atoms with Gasteiger partial charge in [0, 0.05) is 12.0 Å². The van der Waals surface area contributed by atoms with Crippen LogP contribution < -0.4 is 0 Å². The molecule has 0 aromatic rings. The van der Waals surface area contributed by atoms with Crippen LogP contribution >= 0.6 is 0 Å². The molecule has 0 unspecified atom stereocenters. The van der Waals surface area contributed by atoms with Crippen LogP contribution in [0.5, 0.6) is 0 Å². The molecule has 1 nitrogen and oxygen atoms in total. The highest BCUT2D eigenvalue weighted by Gasteiger charge is 2.40. The molecule has 0 amide bonds. The second kappa shape index (κ2) is 2.82. The van der Waals surface area contributed by atoms with Crippen molar-refractivity contribution < 1.29 is 13.9 Å². The zero-order valence-corrected chi connectivity index (χ0v) is 6.62. The summed E-state index contributed by atoms with van der Waals surface area (Å²) in [5.74, 6) is -2.71. The maximum Gasteiger partial charge on any atom is 0.250 e. The molecule has 0 saturated heterocycles. The van der Waals surface area contributed by atoms with Gasteiger partial charge >= 0.3 is 0 Å². The van der Waals surface area contributed by atoms with Gasteiger partial charge in [-0.05, 0) is 13.3 Å². The molecule has 1 N–H and O–H groups in total. The Morgan fingerprint density at radius 1 is 1.20 bits per heavy atom. The molecular formula is C7H14F2O. The number of aliphatic hydroxyl groups excluding tert-OH is 1. The van der Waals surface area contributed by atoms with Gasteiger partial charge in [-0.2, -0.15) is 0 Å². The zero-order chi connectivity index (χ0) is 8.41. The highest BCUT2D eigenvalue weighted by Crippen LogP contribution is 2.38. The van der Waals surface area contributed by atoms with Crippen molar-refractivity contribution in [3.05, 3.63) is 0 Å². The highest BCUT2D eigenvalue weighted by atomic mass is 19.3. The monoisotopic (exact) mass is 152 g/mol. The molecule has 0 rings (SSSR count). The summed E-state index contributed by atoms with van der Waals surface area (Å²) >= 11 is 0. The Kier molecular flexibility index (Phi) is 2.77. The normalized spacial score (nSPS) is 13.8. The van der Waals surface area contributed by atoms with Crippen molar-refractivity contribution in [1.82, 2.24) is 0 Å². The lowest BCUT2D eigenvalue weighted by Crippen LogP contribution is -2.34. The largest absolute Gasteiger partial charge is 0.396 e. The van der Waals surface area contributed by atoms with E-state index in [1.54, 1.807) is 0 Å². The molecule has 0 aliphatic heterocycles. The van der Waals surface area contributed by atoms with Crippen molar-refractivity contribution in [3.8, 4) is 0 Å². The van der Waals surface area contributed by atoms with Crippen LogP contribution in [0.4, 0.5) is 8.78 Å². The van der Waals surface area contributed by atoms with E-state index in [-0.39, 0.29) is 13.0 Å². The summed E-state index contributed by atoms with van der Waals surface area (Å²) in [5.41, 5.74) is -1.10. The third-order valence-electron chi connectivity index (χ3n) is 1.93. The van der Waals surface area contributed by atoms with Crippen molar-refractivity contribution in [2.45, 2.75) is 33.1 Å². The Bertz CT molecular complexity index is 105. The Hall–Kier alpha value is -0.180. The molecule has 0 bridgehead atoms. The molecule has 0 spiro atoms. The maximum absolute atomic E-state index is 12.6. The number of rotatable bonds is 3. The summed E-state index contributed by atoms with van der Waals surface area (Å²) in [6.07, 6.45) is 0.135. The predicted molar refractivity (Wildman–Crippen MR) is 36.1 cm³/mol. The first kappa shape index (κ1) is 9.82. The summed E-state index contributed by atoms with van der Waals surface area (Å²) in [7, 11) is 0. The Morgan fingerprint density at radius 2 is 1.60 bits per heavy atom. The van der Waals surface area contributed by atoms with Gasteiger partial charge in [-0.3, -0.25) is 0 Å². The summed E-state index contributed by atoms with van der Waals surface area (Å²) in [5, 5.41) is 8.43. The lowest BCUT2D eigenvalue weighted by atomic mass is 9.83. The molecule has 0 fully saturated rings. The van der Waals surface area contributed by atoms with Crippen LogP contribution in [0.25, 0.3) is 0 Å². The summed E-state index contributed by atoms with van der Waals surface area (Å²) in [6.45, 7) is 3.59. The van der Waals surface area contributed by atoms with Gasteiger partial charge in [0.05, 0.1) is 0 Å². The van der Waals surface area contributed by atoms with Crippen LogP contribution in [0.2, 0.25) is 0 Å². The minimum Gasteiger partial charge on any atom is -0.396 e. The second-order valence-corrected chi connectivity index (χ2v) is 3.25. The first-order valence-corrected chi connectivity index (χ1v) is 3.30. The average Bonchev–Trinajstić information content (AvgIpc) is 1.61. The van der Waals surface area contributed by atoms with E-state index in [0.717, 1.165) is 6.92 Å². The summed E-state index contributed by atoms with van der Waals surface area (Å²) in [4.78, 5) is 0. The summed E-state index contributed by atoms with van der Waals surface area (Å²) < 4.78 is 25.2. The van der Waals surface area contributed by atoms with Crippen molar-refractivity contribution in [3.63, 3.8) is 0 Å². The van der Waals surface area contributed by atoms with Gasteiger partial charge in [-0.15, -0.1) is 0 Å². The smallest absolute Gasteiger partial charge is 0.250 e. The predicted octanol–water partition coefficient (Wildman–Crippen LogP) is 2.05. The van der Waals surface area contributed by atoms with E-state index in [0.29, 0.717) is 0 Å². The molecule has 0 saturated carbocycles. The molecule has 3 heteroatoms. The Morgan fingerprint density at radius 3 is 1.70 bits per heavy atom. The lowest BCUT2D eigenvalue weighted by molar-refractivity contribution is -0.0970. The fourth-order valence-corrected chi connectivity index (χ4v) is 0.499. The van der Waals surface area contributed by atoms with Gasteiger partial charge in [0.15, 0.2) is 0 Å². The fraction of sp³-hybridized carbons (Fsp3) is 1.00. The van der Waals surface area contributed by atoms with E-state index in [1.165, 1.54) is 13.8 Å². The molecule has 0 radical (unpaired) electrons. The second-order valence-electron chi connectivity index (χ2n) is 3.25. The Labute approximate surface area is 60.1 Å². The minimum atomic E-state index is -2.71. The van der Waals surface area contributed by atoms with Gasteiger partial charge in [-0.1, -0.05) is 13.8 Å².